The third kappa shape index (κ3) is 6.03. The summed E-state index contributed by atoms with van der Waals surface area (Å²) in [5.74, 6) is 1.09. The smallest absolute Gasteiger partial charge is 0.234 e. The number of thioether (sulfide) groups is 1. The number of carbonyl (C=O) groups excluding carboxylic acids is 1. The number of nitrogens with zero attached hydrogens (tertiary/aromatic N) is 2. The minimum Gasteiger partial charge on any atom is -0.494 e. The number of carbonyl (C=O) groups is 1. The fraction of sp³-hybridized carbons (Fsp3) is 0.333. The Labute approximate surface area is 164 Å². The maximum atomic E-state index is 12.4. The molecule has 1 heterocycles. The van der Waals surface area contributed by atoms with Gasteiger partial charge < -0.3 is 15.0 Å². The Morgan fingerprint density at radius 2 is 1.81 bits per heavy atom. The largest absolute Gasteiger partial charge is 0.494 e. The van der Waals surface area contributed by atoms with Crippen molar-refractivity contribution in [2.45, 2.75) is 19.8 Å². The summed E-state index contributed by atoms with van der Waals surface area (Å²) < 4.78 is 5.42. The number of amides is 1. The molecule has 1 fully saturated rings. The third-order valence-corrected chi connectivity index (χ3v) is 5.15. The summed E-state index contributed by atoms with van der Waals surface area (Å²) in [5, 5.41) is 3.85. The van der Waals surface area contributed by atoms with Crippen LogP contribution in [0.2, 0.25) is 0 Å². The second-order valence-electron chi connectivity index (χ2n) is 6.22. The Morgan fingerprint density at radius 1 is 1.11 bits per heavy atom. The van der Waals surface area contributed by atoms with Gasteiger partial charge in [-0.05, 0) is 56.2 Å². The van der Waals surface area contributed by atoms with Crippen molar-refractivity contribution < 1.29 is 9.53 Å². The quantitative estimate of drug-likeness (QED) is 0.588. The average Bonchev–Trinajstić information content (AvgIpc) is 3.22. The Hall–Kier alpha value is -2.47. The number of rotatable bonds is 6. The van der Waals surface area contributed by atoms with Crippen LogP contribution in [-0.4, -0.2) is 41.4 Å². The van der Waals surface area contributed by atoms with Crippen molar-refractivity contribution in [2.24, 2.45) is 4.99 Å². The number of benzene rings is 2. The zero-order valence-electron chi connectivity index (χ0n) is 15.6. The standard InChI is InChI=1S/C21H25N3O2S/c1-2-26-19-12-10-18(11-13-19)22-20(25)16-27-21(24-14-6-7-15-24)23-17-8-4-3-5-9-17/h3-5,8-13H,2,6-7,14-16H2,1H3,(H,22,25). The van der Waals surface area contributed by atoms with Crippen molar-refractivity contribution >= 4 is 34.2 Å². The lowest BCUT2D eigenvalue weighted by Gasteiger charge is -2.19. The predicted octanol–water partition coefficient (Wildman–Crippen LogP) is 4.54. The molecule has 1 aliphatic rings. The molecular formula is C21H25N3O2S. The zero-order valence-corrected chi connectivity index (χ0v) is 16.4. The number of para-hydroxylation sites is 1. The summed E-state index contributed by atoms with van der Waals surface area (Å²) in [5.41, 5.74) is 1.69. The molecule has 0 spiro atoms. The van der Waals surface area contributed by atoms with E-state index in [4.69, 9.17) is 9.73 Å². The van der Waals surface area contributed by atoms with E-state index in [1.807, 2.05) is 61.5 Å². The Bertz CT molecular complexity index is 757. The molecule has 0 saturated carbocycles. The van der Waals surface area contributed by atoms with Crippen LogP contribution >= 0.6 is 11.8 Å². The van der Waals surface area contributed by atoms with E-state index in [0.717, 1.165) is 35.4 Å². The van der Waals surface area contributed by atoms with Gasteiger partial charge in [-0.3, -0.25) is 4.79 Å². The fourth-order valence-electron chi connectivity index (χ4n) is 2.84. The molecule has 1 aliphatic heterocycles. The van der Waals surface area contributed by atoms with Gasteiger partial charge in [-0.2, -0.15) is 0 Å². The van der Waals surface area contributed by atoms with Crippen LogP contribution in [0.15, 0.2) is 59.6 Å². The second-order valence-corrected chi connectivity index (χ2v) is 7.16. The van der Waals surface area contributed by atoms with Gasteiger partial charge in [-0.1, -0.05) is 30.0 Å². The van der Waals surface area contributed by atoms with E-state index in [9.17, 15) is 4.79 Å². The molecule has 1 saturated heterocycles. The van der Waals surface area contributed by atoms with E-state index in [0.29, 0.717) is 12.4 Å². The number of ether oxygens (including phenoxy) is 1. The van der Waals surface area contributed by atoms with Gasteiger partial charge in [-0.15, -0.1) is 0 Å². The monoisotopic (exact) mass is 383 g/mol. The first-order valence-electron chi connectivity index (χ1n) is 9.29. The molecular weight excluding hydrogens is 358 g/mol. The van der Waals surface area contributed by atoms with Crippen LogP contribution < -0.4 is 10.1 Å². The molecule has 0 radical (unpaired) electrons. The summed E-state index contributed by atoms with van der Waals surface area (Å²) in [7, 11) is 0. The van der Waals surface area contributed by atoms with Crippen molar-refractivity contribution in [3.05, 3.63) is 54.6 Å². The average molecular weight is 384 g/mol. The van der Waals surface area contributed by atoms with Crippen LogP contribution in [0.5, 0.6) is 5.75 Å². The summed E-state index contributed by atoms with van der Waals surface area (Å²) >= 11 is 1.49. The highest BCUT2D eigenvalue weighted by molar-refractivity contribution is 8.14. The summed E-state index contributed by atoms with van der Waals surface area (Å²) in [6.07, 6.45) is 2.35. The fourth-order valence-corrected chi connectivity index (χ4v) is 3.71. The zero-order chi connectivity index (χ0) is 18.9. The third-order valence-electron chi connectivity index (χ3n) is 4.14. The molecule has 6 heteroatoms. The van der Waals surface area contributed by atoms with Gasteiger partial charge >= 0.3 is 0 Å². The van der Waals surface area contributed by atoms with Crippen LogP contribution in [0.1, 0.15) is 19.8 Å². The molecule has 0 aliphatic carbocycles. The van der Waals surface area contributed by atoms with Crippen molar-refractivity contribution in [2.75, 3.05) is 30.8 Å². The highest BCUT2D eigenvalue weighted by Crippen LogP contribution is 2.21. The number of hydrogen-bond donors (Lipinski definition) is 1. The lowest BCUT2D eigenvalue weighted by Crippen LogP contribution is -2.27. The van der Waals surface area contributed by atoms with E-state index in [-0.39, 0.29) is 5.91 Å². The molecule has 2 aromatic rings. The van der Waals surface area contributed by atoms with Crippen LogP contribution in [0.25, 0.3) is 0 Å². The van der Waals surface area contributed by atoms with Gasteiger partial charge in [0.15, 0.2) is 5.17 Å². The summed E-state index contributed by atoms with van der Waals surface area (Å²) in [4.78, 5) is 19.4. The molecule has 1 N–H and O–H groups in total. The molecule has 0 aromatic heterocycles. The highest BCUT2D eigenvalue weighted by atomic mass is 32.2. The SMILES string of the molecule is CCOc1ccc(NC(=O)CSC(=Nc2ccccc2)N2CCCC2)cc1. The number of amidine groups is 1. The van der Waals surface area contributed by atoms with Crippen molar-refractivity contribution in [1.82, 2.24) is 4.90 Å². The Morgan fingerprint density at radius 3 is 2.48 bits per heavy atom. The molecule has 0 unspecified atom stereocenters. The number of aliphatic imine (C=N–C) groups is 1. The minimum absolute atomic E-state index is 0.0379. The Kier molecular flexibility index (Phi) is 7.16. The van der Waals surface area contributed by atoms with Crippen LogP contribution in [-0.2, 0) is 4.79 Å². The van der Waals surface area contributed by atoms with Crippen molar-refractivity contribution in [3.63, 3.8) is 0 Å². The van der Waals surface area contributed by atoms with E-state index >= 15 is 0 Å². The maximum Gasteiger partial charge on any atom is 0.234 e. The summed E-state index contributed by atoms with van der Waals surface area (Å²) in [6, 6.07) is 17.3. The van der Waals surface area contributed by atoms with E-state index < -0.39 is 0 Å². The maximum absolute atomic E-state index is 12.4. The predicted molar refractivity (Wildman–Crippen MR) is 113 cm³/mol. The number of anilines is 1. The van der Waals surface area contributed by atoms with Crippen molar-refractivity contribution in [1.29, 1.82) is 0 Å². The molecule has 142 valence electrons. The van der Waals surface area contributed by atoms with Gasteiger partial charge in [-0.25, -0.2) is 4.99 Å². The van der Waals surface area contributed by atoms with Gasteiger partial charge in [0, 0.05) is 18.8 Å². The normalized spacial score (nSPS) is 14.3. The number of nitrogens with one attached hydrogen (secondary N) is 1. The molecule has 2 aromatic carbocycles. The van der Waals surface area contributed by atoms with Gasteiger partial charge in [0.25, 0.3) is 0 Å². The first-order chi connectivity index (χ1) is 13.2. The molecule has 27 heavy (non-hydrogen) atoms. The molecule has 3 rings (SSSR count). The van der Waals surface area contributed by atoms with Gasteiger partial charge in [0.1, 0.15) is 5.75 Å². The number of likely N-dealkylation sites (tertiary alicyclic amines) is 1. The van der Waals surface area contributed by atoms with E-state index in [1.54, 1.807) is 0 Å². The molecule has 0 bridgehead atoms. The first kappa shape index (κ1) is 19.3. The molecule has 1 amide bonds. The van der Waals surface area contributed by atoms with Crippen LogP contribution in [0.4, 0.5) is 11.4 Å². The van der Waals surface area contributed by atoms with Crippen LogP contribution in [0, 0.1) is 0 Å². The highest BCUT2D eigenvalue weighted by Gasteiger charge is 2.18. The topological polar surface area (TPSA) is 53.9 Å². The van der Waals surface area contributed by atoms with Gasteiger partial charge in [0.05, 0.1) is 18.0 Å². The Balaban J connectivity index is 1.59. The van der Waals surface area contributed by atoms with E-state index in [1.165, 1.54) is 24.6 Å². The lowest BCUT2D eigenvalue weighted by atomic mass is 10.3. The van der Waals surface area contributed by atoms with Crippen molar-refractivity contribution in [3.8, 4) is 5.75 Å². The van der Waals surface area contributed by atoms with Crippen LogP contribution in [0.3, 0.4) is 0 Å². The molecule has 5 nitrogen and oxygen atoms in total. The van der Waals surface area contributed by atoms with E-state index in [2.05, 4.69) is 10.2 Å². The summed E-state index contributed by atoms with van der Waals surface area (Å²) in [6.45, 7) is 4.57. The number of hydrogen-bond acceptors (Lipinski definition) is 4. The molecule has 0 atom stereocenters. The van der Waals surface area contributed by atoms with Gasteiger partial charge in [0.2, 0.25) is 5.91 Å². The lowest BCUT2D eigenvalue weighted by molar-refractivity contribution is -0.113. The first-order valence-corrected chi connectivity index (χ1v) is 10.3. The second kappa shape index (κ2) is 10.0. The minimum atomic E-state index is -0.0379.